The first-order valence-electron chi connectivity index (χ1n) is 10.00. The molecule has 1 N–H and O–H groups in total. The van der Waals surface area contributed by atoms with Crippen LogP contribution in [0.3, 0.4) is 0 Å². The van der Waals surface area contributed by atoms with Crippen molar-refractivity contribution in [2.24, 2.45) is 4.99 Å². The van der Waals surface area contributed by atoms with Gasteiger partial charge in [-0.25, -0.2) is 4.39 Å². The quantitative estimate of drug-likeness (QED) is 0.197. The Morgan fingerprint density at radius 2 is 1.97 bits per heavy atom. The molecule has 1 aliphatic heterocycles. The second-order valence-corrected chi connectivity index (χ2v) is 8.36. The number of Topliss-reactive ketones (excluding diaryl/α,β-unsaturated/α-hetero) is 1. The molecule has 0 radical (unpaired) electrons. The second-order valence-electron chi connectivity index (χ2n) is 7.51. The molecule has 1 saturated heterocycles. The van der Waals surface area contributed by atoms with E-state index in [-0.39, 0.29) is 23.5 Å². The van der Waals surface area contributed by atoms with Gasteiger partial charge in [-0.1, -0.05) is 30.3 Å². The Bertz CT molecular complexity index is 1260. The summed E-state index contributed by atoms with van der Waals surface area (Å²) in [4.78, 5) is 36.3. The number of halogens is 2. The summed E-state index contributed by atoms with van der Waals surface area (Å²) in [5.41, 5.74) is 1.24. The largest absolute Gasteiger partial charge is 0.359 e. The molecular weight excluding hydrogens is 477 g/mol. The monoisotopic (exact) mass is 495 g/mol. The minimum absolute atomic E-state index is 0.00875. The van der Waals surface area contributed by atoms with Crippen molar-refractivity contribution in [3.05, 3.63) is 70.1 Å². The van der Waals surface area contributed by atoms with Crippen LogP contribution < -0.4 is 0 Å². The minimum Gasteiger partial charge on any atom is -0.359 e. The molecule has 0 aliphatic carbocycles. The van der Waals surface area contributed by atoms with Gasteiger partial charge in [-0.2, -0.15) is 10.3 Å². The van der Waals surface area contributed by atoms with E-state index in [9.17, 15) is 14.0 Å². The number of nitriles is 1. The maximum Gasteiger partial charge on any atom is 0.295 e. The molecule has 4 rings (SSSR count). The van der Waals surface area contributed by atoms with Crippen LogP contribution in [0.5, 0.6) is 0 Å². The SMILES string of the molecule is C[C@H]1CN(C(=NC#N)c2ccccc2)CCN1C(=O)C(=O)c1c[nH]c2c(Br)ccc(F)c12. The molecule has 162 valence electrons. The summed E-state index contributed by atoms with van der Waals surface area (Å²) in [7, 11) is 0. The van der Waals surface area contributed by atoms with E-state index in [1.165, 1.54) is 17.2 Å². The van der Waals surface area contributed by atoms with Crippen molar-refractivity contribution in [3.8, 4) is 6.19 Å². The van der Waals surface area contributed by atoms with Crippen LogP contribution in [0.4, 0.5) is 4.39 Å². The number of hydrogen-bond acceptors (Lipinski definition) is 4. The van der Waals surface area contributed by atoms with Crippen LogP contribution in [0.1, 0.15) is 22.8 Å². The number of nitrogens with one attached hydrogen (secondary N) is 1. The number of aromatic amines is 1. The van der Waals surface area contributed by atoms with Crippen molar-refractivity contribution in [3.63, 3.8) is 0 Å². The Morgan fingerprint density at radius 3 is 2.66 bits per heavy atom. The Kier molecular flexibility index (Phi) is 6.06. The molecule has 1 amide bonds. The summed E-state index contributed by atoms with van der Waals surface area (Å²) in [6.45, 7) is 2.92. The number of piperazine rings is 1. The highest BCUT2D eigenvalue weighted by Gasteiger charge is 2.34. The molecule has 3 aromatic rings. The topological polar surface area (TPSA) is 92.6 Å². The number of ketones is 1. The van der Waals surface area contributed by atoms with E-state index < -0.39 is 17.5 Å². The lowest BCUT2D eigenvalue weighted by Gasteiger charge is -2.40. The molecule has 0 spiro atoms. The van der Waals surface area contributed by atoms with Crippen molar-refractivity contribution in [1.82, 2.24) is 14.8 Å². The van der Waals surface area contributed by atoms with Gasteiger partial charge in [0.25, 0.3) is 11.7 Å². The van der Waals surface area contributed by atoms with Gasteiger partial charge in [-0.05, 0) is 35.0 Å². The average Bonchev–Trinajstić information content (AvgIpc) is 3.26. The highest BCUT2D eigenvalue weighted by molar-refractivity contribution is 9.10. The van der Waals surface area contributed by atoms with Crippen LogP contribution in [0.15, 0.2) is 58.1 Å². The second kappa shape index (κ2) is 8.93. The standard InChI is InChI=1S/C23H19BrFN5O2/c1-14-12-29(22(28-13-26)15-5-3-2-4-6-15)9-10-30(14)23(32)21(31)16-11-27-20-17(24)7-8-18(25)19(16)20/h2-8,11,14,27H,9-10,12H2,1H3/t14-/m0/s1. The first-order valence-corrected chi connectivity index (χ1v) is 10.8. The fourth-order valence-electron chi connectivity index (χ4n) is 4.00. The highest BCUT2D eigenvalue weighted by Crippen LogP contribution is 2.29. The van der Waals surface area contributed by atoms with E-state index in [2.05, 4.69) is 25.9 Å². The van der Waals surface area contributed by atoms with E-state index in [0.29, 0.717) is 28.9 Å². The Morgan fingerprint density at radius 1 is 1.22 bits per heavy atom. The van der Waals surface area contributed by atoms with Crippen LogP contribution in [0.2, 0.25) is 0 Å². The van der Waals surface area contributed by atoms with Crippen LogP contribution in [-0.4, -0.2) is 58.0 Å². The number of rotatable bonds is 3. The first-order chi connectivity index (χ1) is 15.4. The van der Waals surface area contributed by atoms with E-state index in [0.717, 1.165) is 5.56 Å². The van der Waals surface area contributed by atoms with Gasteiger partial charge in [0.2, 0.25) is 6.19 Å². The lowest BCUT2D eigenvalue weighted by Crippen LogP contribution is -2.57. The van der Waals surface area contributed by atoms with E-state index in [1.807, 2.05) is 48.3 Å². The zero-order valence-corrected chi connectivity index (χ0v) is 18.8. The summed E-state index contributed by atoms with van der Waals surface area (Å²) in [5, 5.41) is 9.23. The summed E-state index contributed by atoms with van der Waals surface area (Å²) in [6.07, 6.45) is 3.21. The predicted molar refractivity (Wildman–Crippen MR) is 122 cm³/mol. The third-order valence-corrected chi connectivity index (χ3v) is 6.21. The number of amides is 1. The number of aromatic nitrogens is 1. The summed E-state index contributed by atoms with van der Waals surface area (Å²) >= 11 is 3.32. The number of amidine groups is 1. The van der Waals surface area contributed by atoms with Crippen LogP contribution in [0, 0.1) is 17.3 Å². The molecule has 1 aliphatic rings. The maximum atomic E-state index is 14.4. The molecule has 9 heteroatoms. The maximum absolute atomic E-state index is 14.4. The van der Waals surface area contributed by atoms with Crippen molar-refractivity contribution < 1.29 is 14.0 Å². The minimum atomic E-state index is -0.762. The van der Waals surface area contributed by atoms with E-state index in [4.69, 9.17) is 5.26 Å². The molecule has 0 saturated carbocycles. The molecule has 1 aromatic heterocycles. The molecule has 0 unspecified atom stereocenters. The summed E-state index contributed by atoms with van der Waals surface area (Å²) in [6, 6.07) is 11.8. The van der Waals surface area contributed by atoms with Crippen LogP contribution >= 0.6 is 15.9 Å². The molecule has 2 heterocycles. The number of fused-ring (bicyclic) bond motifs is 1. The van der Waals surface area contributed by atoms with Crippen molar-refractivity contribution in [2.75, 3.05) is 19.6 Å². The summed E-state index contributed by atoms with van der Waals surface area (Å²) < 4.78 is 15.0. The normalized spacial score (nSPS) is 16.8. The van der Waals surface area contributed by atoms with Gasteiger partial charge < -0.3 is 14.8 Å². The van der Waals surface area contributed by atoms with Crippen LogP contribution in [-0.2, 0) is 4.79 Å². The van der Waals surface area contributed by atoms with Crippen molar-refractivity contribution in [1.29, 1.82) is 5.26 Å². The van der Waals surface area contributed by atoms with Crippen molar-refractivity contribution >= 4 is 44.4 Å². The highest BCUT2D eigenvalue weighted by atomic mass is 79.9. The molecule has 2 aromatic carbocycles. The predicted octanol–water partition coefficient (Wildman–Crippen LogP) is 3.71. The first kappa shape index (κ1) is 21.7. The number of carbonyl (C=O) groups is 2. The van der Waals surface area contributed by atoms with Gasteiger partial charge in [-0.15, -0.1) is 0 Å². The van der Waals surface area contributed by atoms with Gasteiger partial charge in [0, 0.05) is 47.3 Å². The fraction of sp³-hybridized carbons (Fsp3) is 0.217. The van der Waals surface area contributed by atoms with Gasteiger partial charge in [-0.3, -0.25) is 9.59 Å². The number of H-pyrrole nitrogens is 1. The molecule has 1 fully saturated rings. The van der Waals surface area contributed by atoms with Gasteiger partial charge >= 0.3 is 0 Å². The van der Waals surface area contributed by atoms with Gasteiger partial charge in [0.05, 0.1) is 11.1 Å². The Hall–Kier alpha value is -3.51. The number of aliphatic imine (C=N–C) groups is 1. The average molecular weight is 496 g/mol. The number of carbonyl (C=O) groups excluding carboxylic acids is 2. The smallest absolute Gasteiger partial charge is 0.295 e. The zero-order valence-electron chi connectivity index (χ0n) is 17.2. The Labute approximate surface area is 192 Å². The van der Waals surface area contributed by atoms with E-state index >= 15 is 0 Å². The lowest BCUT2D eigenvalue weighted by atomic mass is 10.1. The lowest BCUT2D eigenvalue weighted by molar-refractivity contribution is -0.130. The van der Waals surface area contributed by atoms with E-state index in [1.54, 1.807) is 6.07 Å². The molecular formula is C23H19BrFN5O2. The Balaban J connectivity index is 1.55. The molecule has 0 bridgehead atoms. The third kappa shape index (κ3) is 3.89. The van der Waals surface area contributed by atoms with Gasteiger partial charge in [0.15, 0.2) is 0 Å². The molecule has 32 heavy (non-hydrogen) atoms. The number of benzene rings is 2. The number of hydrogen-bond donors (Lipinski definition) is 1. The third-order valence-electron chi connectivity index (χ3n) is 5.55. The molecule has 1 atom stereocenters. The summed E-state index contributed by atoms with van der Waals surface area (Å²) in [5.74, 6) is -1.49. The van der Waals surface area contributed by atoms with Gasteiger partial charge in [0.1, 0.15) is 11.7 Å². The fourth-order valence-corrected chi connectivity index (χ4v) is 4.45. The number of nitrogens with zero attached hydrogens (tertiary/aromatic N) is 4. The molecule has 7 nitrogen and oxygen atoms in total. The zero-order chi connectivity index (χ0) is 22.8. The van der Waals surface area contributed by atoms with Crippen molar-refractivity contribution in [2.45, 2.75) is 13.0 Å². The van der Waals surface area contributed by atoms with Crippen LogP contribution in [0.25, 0.3) is 10.9 Å².